The van der Waals surface area contributed by atoms with Gasteiger partial charge in [0.25, 0.3) is 0 Å². The molecular weight excluding hydrogens is 823 g/mol. The monoisotopic (exact) mass is 892 g/mol. The Balaban J connectivity index is 1.47. The van der Waals surface area contributed by atoms with Crippen molar-refractivity contribution >= 4 is 58.6 Å². The number of nitrogens with one attached hydrogen (secondary N) is 4. The van der Waals surface area contributed by atoms with Crippen LogP contribution in [0.3, 0.4) is 0 Å². The van der Waals surface area contributed by atoms with Gasteiger partial charge in [-0.1, -0.05) is 89.8 Å². The van der Waals surface area contributed by atoms with Crippen LogP contribution < -0.4 is 21.3 Å². The highest BCUT2D eigenvalue weighted by Gasteiger charge is 2.46. The van der Waals surface area contributed by atoms with Gasteiger partial charge in [-0.15, -0.1) is 0 Å². The number of urea groups is 1. The van der Waals surface area contributed by atoms with Crippen LogP contribution in [0.2, 0.25) is 0 Å². The number of aromatic nitrogens is 1. The number of unbranched alkanes of at least 4 members (excludes halogenated alkanes) is 1. The number of amides is 4. The molecule has 0 radical (unpaired) electrons. The molecule has 0 spiro atoms. The number of nitrogens with zero attached hydrogens (tertiary/aromatic N) is 1. The van der Waals surface area contributed by atoms with E-state index in [1.807, 2.05) is 65.0 Å². The van der Waals surface area contributed by atoms with E-state index >= 15 is 0 Å². The lowest BCUT2D eigenvalue weighted by Crippen LogP contribution is -2.48. The van der Waals surface area contributed by atoms with Crippen molar-refractivity contribution in [3.63, 3.8) is 0 Å². The van der Waals surface area contributed by atoms with Crippen LogP contribution in [0.1, 0.15) is 134 Å². The van der Waals surface area contributed by atoms with Crippen LogP contribution in [0, 0.1) is 23.7 Å². The Hall–Kier alpha value is -5.98. The van der Waals surface area contributed by atoms with Gasteiger partial charge in [0.05, 0.1) is 12.6 Å². The number of carbonyl (C=O) groups is 7. The third kappa shape index (κ3) is 17.8. The van der Waals surface area contributed by atoms with Crippen LogP contribution >= 0.6 is 0 Å². The summed E-state index contributed by atoms with van der Waals surface area (Å²) in [5.74, 6) is -2.29. The molecule has 4 rings (SSSR count). The summed E-state index contributed by atoms with van der Waals surface area (Å²) in [5.41, 5.74) is 2.15. The van der Waals surface area contributed by atoms with Crippen LogP contribution in [-0.2, 0) is 39.9 Å². The number of Topliss-reactive ketones (excluding diaryl/α,β-unsaturated/α-hetero) is 3. The van der Waals surface area contributed by atoms with E-state index in [0.29, 0.717) is 68.6 Å². The highest BCUT2D eigenvalue weighted by Crippen LogP contribution is 2.45. The summed E-state index contributed by atoms with van der Waals surface area (Å²) >= 11 is 0. The Labute approximate surface area is 384 Å². The molecule has 1 fully saturated rings. The van der Waals surface area contributed by atoms with Crippen molar-refractivity contribution in [1.82, 2.24) is 15.6 Å². The fraction of sp³-hybridized carbons (Fsp3) is 0.500. The first-order valence-electron chi connectivity index (χ1n) is 23.2. The maximum atomic E-state index is 14.4. The number of anilines is 2. The summed E-state index contributed by atoms with van der Waals surface area (Å²) < 4.78 is 5.27. The van der Waals surface area contributed by atoms with Crippen LogP contribution in [-0.4, -0.2) is 65.3 Å². The Kier molecular flexibility index (Phi) is 20.7. The smallest absolute Gasteiger partial charge is 0.323 e. The zero-order valence-corrected chi connectivity index (χ0v) is 39.0. The van der Waals surface area contributed by atoms with E-state index in [4.69, 9.17) is 4.74 Å². The van der Waals surface area contributed by atoms with Gasteiger partial charge in [-0.2, -0.15) is 0 Å². The molecule has 65 heavy (non-hydrogen) atoms. The van der Waals surface area contributed by atoms with Crippen LogP contribution in [0.4, 0.5) is 16.2 Å². The van der Waals surface area contributed by atoms with Gasteiger partial charge in [0.2, 0.25) is 11.8 Å². The number of para-hydroxylation sites is 1. The molecule has 1 aliphatic rings. The second kappa shape index (κ2) is 26.1. The molecule has 0 unspecified atom stereocenters. The molecule has 1 aromatic heterocycles. The lowest BCUT2D eigenvalue weighted by Gasteiger charge is -2.40. The first-order valence-corrected chi connectivity index (χ1v) is 23.2. The van der Waals surface area contributed by atoms with Gasteiger partial charge in [-0.3, -0.25) is 33.8 Å². The molecule has 0 bridgehead atoms. The molecule has 3 aromatic rings. The van der Waals surface area contributed by atoms with Crippen LogP contribution in [0.15, 0.2) is 79.1 Å². The maximum absolute atomic E-state index is 14.4. The van der Waals surface area contributed by atoms with E-state index in [0.717, 1.165) is 30.4 Å². The lowest BCUT2D eigenvalue weighted by molar-refractivity contribution is -0.144. The van der Waals surface area contributed by atoms with Crippen molar-refractivity contribution in [3.8, 4) is 0 Å². The zero-order valence-electron chi connectivity index (χ0n) is 39.0. The molecule has 4 amide bonds. The largest absolute Gasteiger partial charge is 0.466 e. The molecule has 0 saturated heterocycles. The first kappa shape index (κ1) is 51.7. The highest BCUT2D eigenvalue weighted by molar-refractivity contribution is 6.00. The molecule has 350 valence electrons. The summed E-state index contributed by atoms with van der Waals surface area (Å²) in [5, 5.41) is 11.5. The number of hydrogen-bond donors (Lipinski definition) is 4. The molecule has 0 aliphatic heterocycles. The molecule has 1 aliphatic carbocycles. The fourth-order valence-corrected chi connectivity index (χ4v) is 8.34. The quantitative estimate of drug-likeness (QED) is 0.0365. The number of aryl methyl sites for hydroxylation is 1. The van der Waals surface area contributed by atoms with Crippen LogP contribution in [0.25, 0.3) is 6.08 Å². The van der Waals surface area contributed by atoms with Gasteiger partial charge in [-0.05, 0) is 98.9 Å². The minimum atomic E-state index is -0.973. The predicted molar refractivity (Wildman–Crippen MR) is 254 cm³/mol. The molecular formula is C52H69N5O8. The van der Waals surface area contributed by atoms with E-state index in [1.165, 1.54) is 6.08 Å². The number of hydrogen-bond acceptors (Lipinski definition) is 9. The van der Waals surface area contributed by atoms with Gasteiger partial charge < -0.3 is 26.0 Å². The van der Waals surface area contributed by atoms with E-state index in [1.54, 1.807) is 48.8 Å². The molecule has 13 nitrogen and oxygen atoms in total. The number of benzene rings is 2. The number of carbonyl (C=O) groups excluding carboxylic acids is 7. The van der Waals surface area contributed by atoms with Gasteiger partial charge in [0.1, 0.15) is 11.6 Å². The summed E-state index contributed by atoms with van der Waals surface area (Å²) in [7, 11) is 0. The molecule has 13 heteroatoms. The number of esters is 1. The Morgan fingerprint density at radius 1 is 0.862 bits per heavy atom. The Morgan fingerprint density at radius 3 is 2.28 bits per heavy atom. The highest BCUT2D eigenvalue weighted by atomic mass is 16.5. The number of rotatable bonds is 25. The molecule has 4 N–H and O–H groups in total. The summed E-state index contributed by atoms with van der Waals surface area (Å²) in [6.07, 6.45) is 12.8. The summed E-state index contributed by atoms with van der Waals surface area (Å²) in [6.45, 7) is 10.1. The normalized spacial score (nSPS) is 14.4. The Bertz CT molecular complexity index is 2090. The topological polar surface area (TPSA) is 190 Å². The SMILES string of the molecule is CCCOC(=O)CCC[C@H](NC(=O)[C@H](CCCCNC(=O)/C=C/c1cccnc1)CC(=O)Cc1ccc(NC(=O)Nc2ccccc2C)cc1)C(=O)CC1(C(=O)C(C)(C)C)CCCCC1. The molecule has 1 heterocycles. The first-order chi connectivity index (χ1) is 31.1. The van der Waals surface area contributed by atoms with Crippen molar-refractivity contribution in [3.05, 3.63) is 95.8 Å². The number of ketones is 3. The minimum absolute atomic E-state index is 0.00867. The third-order valence-corrected chi connectivity index (χ3v) is 11.8. The van der Waals surface area contributed by atoms with Crippen molar-refractivity contribution in [1.29, 1.82) is 0 Å². The van der Waals surface area contributed by atoms with Gasteiger partial charge in [0, 0.05) is 78.8 Å². The van der Waals surface area contributed by atoms with Crippen molar-refractivity contribution in [2.75, 3.05) is 23.8 Å². The lowest BCUT2D eigenvalue weighted by atomic mass is 9.62. The molecule has 2 aromatic carbocycles. The van der Waals surface area contributed by atoms with Crippen LogP contribution in [0.5, 0.6) is 0 Å². The Morgan fingerprint density at radius 2 is 1.60 bits per heavy atom. The predicted octanol–water partition coefficient (Wildman–Crippen LogP) is 9.29. The fourth-order valence-electron chi connectivity index (χ4n) is 8.34. The number of ether oxygens (including phenoxy) is 1. The second-order valence-corrected chi connectivity index (χ2v) is 18.4. The van der Waals surface area contributed by atoms with E-state index < -0.39 is 34.7 Å². The molecule has 1 saturated carbocycles. The van der Waals surface area contributed by atoms with Gasteiger partial charge in [0.15, 0.2) is 5.78 Å². The van der Waals surface area contributed by atoms with E-state index in [9.17, 15) is 33.6 Å². The third-order valence-electron chi connectivity index (χ3n) is 11.8. The van der Waals surface area contributed by atoms with Crippen molar-refractivity contribution < 1.29 is 38.3 Å². The maximum Gasteiger partial charge on any atom is 0.323 e. The second-order valence-electron chi connectivity index (χ2n) is 18.4. The van der Waals surface area contributed by atoms with Crippen molar-refractivity contribution in [2.24, 2.45) is 16.7 Å². The number of pyridine rings is 1. The minimum Gasteiger partial charge on any atom is -0.466 e. The van der Waals surface area contributed by atoms with Gasteiger partial charge in [-0.25, -0.2) is 4.79 Å². The van der Waals surface area contributed by atoms with E-state index in [2.05, 4.69) is 26.3 Å². The average Bonchev–Trinajstić information content (AvgIpc) is 3.28. The summed E-state index contributed by atoms with van der Waals surface area (Å²) in [6, 6.07) is 16.6. The van der Waals surface area contributed by atoms with Crippen molar-refractivity contribution in [2.45, 2.75) is 137 Å². The average molecular weight is 892 g/mol. The summed E-state index contributed by atoms with van der Waals surface area (Å²) in [4.78, 5) is 98.1. The zero-order chi connectivity index (χ0) is 47.2. The standard InChI is InChI=1S/C52H69N5O8/c1-6-32-65-47(61)21-14-20-44(45(59)35-52(28-11-7-12-29-52)49(63)51(3,4)5)56-48(62)40(18-10-13-31-54-46(60)27-24-39-17-15-30-53-36-39)34-42(58)33-38-22-25-41(26-23-38)55-50(64)57-43-19-9-8-16-37(43)2/h8-9,15-17,19,22-27,30,36,40,44H,6-7,10-14,18,20-21,28-29,31-35H2,1-5H3,(H,54,60)(H,56,62)(H2,55,57,64)/b27-24+/t40-,44+/m1/s1. The van der Waals surface area contributed by atoms with Gasteiger partial charge >= 0.3 is 12.0 Å². The molecule has 2 atom stereocenters. The van der Waals surface area contributed by atoms with E-state index in [-0.39, 0.29) is 67.8 Å².